The van der Waals surface area contributed by atoms with Crippen molar-refractivity contribution in [2.75, 3.05) is 0 Å². The van der Waals surface area contributed by atoms with Gasteiger partial charge in [-0.3, -0.25) is 0 Å². The van der Waals surface area contributed by atoms with Gasteiger partial charge in [-0.1, -0.05) is 6.92 Å². The average Bonchev–Trinajstić information content (AvgIpc) is 2.03. The van der Waals surface area contributed by atoms with E-state index in [1.165, 1.54) is 0 Å². The SMILES string of the molecule is CCC(F)(F)C(F)(F)C[C@H](F)C(F)F. The van der Waals surface area contributed by atoms with E-state index in [-0.39, 0.29) is 0 Å². The summed E-state index contributed by atoms with van der Waals surface area (Å²) in [7, 11) is 0. The van der Waals surface area contributed by atoms with Gasteiger partial charge in [0.05, 0.1) is 6.42 Å². The summed E-state index contributed by atoms with van der Waals surface area (Å²) < 4.78 is 84.9. The Labute approximate surface area is 76.1 Å². The van der Waals surface area contributed by atoms with E-state index in [1.807, 2.05) is 0 Å². The van der Waals surface area contributed by atoms with Crippen molar-refractivity contribution < 1.29 is 30.7 Å². The van der Waals surface area contributed by atoms with Gasteiger partial charge < -0.3 is 0 Å². The fraction of sp³-hybridized carbons (Fsp3) is 1.00. The normalized spacial score (nSPS) is 16.1. The molecule has 0 fully saturated rings. The fourth-order valence-corrected chi connectivity index (χ4v) is 0.742. The topological polar surface area (TPSA) is 0 Å². The quantitative estimate of drug-likeness (QED) is 0.627. The Bertz CT molecular complexity index is 177. The molecule has 0 aromatic rings. The lowest BCUT2D eigenvalue weighted by Gasteiger charge is -2.26. The van der Waals surface area contributed by atoms with Crippen LogP contribution in [0.3, 0.4) is 0 Å². The predicted octanol–water partition coefficient (Wildman–Crippen LogP) is 3.66. The summed E-state index contributed by atoms with van der Waals surface area (Å²) in [6.07, 6.45) is -10.3. The third-order valence-corrected chi connectivity index (χ3v) is 1.70. The molecule has 7 heteroatoms. The van der Waals surface area contributed by atoms with Gasteiger partial charge in [-0.2, -0.15) is 17.6 Å². The average molecular weight is 226 g/mol. The Morgan fingerprint density at radius 1 is 0.929 bits per heavy atom. The van der Waals surface area contributed by atoms with Crippen molar-refractivity contribution in [1.29, 1.82) is 0 Å². The lowest BCUT2D eigenvalue weighted by Crippen LogP contribution is -2.42. The van der Waals surface area contributed by atoms with E-state index in [4.69, 9.17) is 0 Å². The molecule has 0 radical (unpaired) electrons. The molecule has 0 nitrogen and oxygen atoms in total. The monoisotopic (exact) mass is 226 g/mol. The van der Waals surface area contributed by atoms with Crippen LogP contribution in [0.4, 0.5) is 30.7 Å². The lowest BCUT2D eigenvalue weighted by atomic mass is 10.0. The second kappa shape index (κ2) is 4.35. The third-order valence-electron chi connectivity index (χ3n) is 1.70. The Morgan fingerprint density at radius 3 is 1.64 bits per heavy atom. The van der Waals surface area contributed by atoms with Crippen LogP contribution in [0.5, 0.6) is 0 Å². The largest absolute Gasteiger partial charge is 0.313 e. The first-order chi connectivity index (χ1) is 6.14. The van der Waals surface area contributed by atoms with Crippen LogP contribution < -0.4 is 0 Å². The van der Waals surface area contributed by atoms with Crippen LogP contribution in [0.25, 0.3) is 0 Å². The second-order valence-corrected chi connectivity index (χ2v) is 2.82. The van der Waals surface area contributed by atoms with Gasteiger partial charge in [0.25, 0.3) is 6.43 Å². The van der Waals surface area contributed by atoms with Crippen LogP contribution in [0.1, 0.15) is 19.8 Å². The molecule has 0 aromatic heterocycles. The molecule has 0 saturated carbocycles. The van der Waals surface area contributed by atoms with Gasteiger partial charge in [0.2, 0.25) is 0 Å². The first kappa shape index (κ1) is 13.5. The van der Waals surface area contributed by atoms with Gasteiger partial charge >= 0.3 is 11.8 Å². The van der Waals surface area contributed by atoms with Gasteiger partial charge in [0.15, 0.2) is 6.17 Å². The van der Waals surface area contributed by atoms with Gasteiger partial charge in [-0.25, -0.2) is 13.2 Å². The van der Waals surface area contributed by atoms with Crippen LogP contribution in [-0.4, -0.2) is 24.4 Å². The van der Waals surface area contributed by atoms with Crippen molar-refractivity contribution in [3.8, 4) is 0 Å². The highest BCUT2D eigenvalue weighted by Gasteiger charge is 2.56. The van der Waals surface area contributed by atoms with Crippen molar-refractivity contribution >= 4 is 0 Å². The summed E-state index contributed by atoms with van der Waals surface area (Å²) in [5, 5.41) is 0. The predicted molar refractivity (Wildman–Crippen MR) is 35.7 cm³/mol. The van der Waals surface area contributed by atoms with Crippen LogP contribution in [-0.2, 0) is 0 Å². The minimum atomic E-state index is -4.74. The molecule has 0 unspecified atom stereocenters. The molecule has 0 spiro atoms. The number of rotatable bonds is 5. The van der Waals surface area contributed by atoms with Crippen LogP contribution in [0.15, 0.2) is 0 Å². The zero-order chi connectivity index (χ0) is 11.6. The maximum atomic E-state index is 12.5. The molecule has 0 heterocycles. The van der Waals surface area contributed by atoms with E-state index >= 15 is 0 Å². The maximum absolute atomic E-state index is 12.5. The smallest absolute Gasteiger partial charge is 0.241 e. The summed E-state index contributed by atoms with van der Waals surface area (Å²) in [6, 6.07) is 0. The molecule has 14 heavy (non-hydrogen) atoms. The van der Waals surface area contributed by atoms with E-state index in [0.717, 1.165) is 6.92 Å². The summed E-state index contributed by atoms with van der Waals surface area (Å²) in [6.45, 7) is 0.767. The number of alkyl halides is 7. The van der Waals surface area contributed by atoms with Crippen molar-refractivity contribution in [1.82, 2.24) is 0 Å². The molecular formula is C7H9F7. The van der Waals surface area contributed by atoms with Crippen LogP contribution >= 0.6 is 0 Å². The van der Waals surface area contributed by atoms with E-state index < -0.39 is 37.3 Å². The number of hydrogen-bond acceptors (Lipinski definition) is 0. The summed E-state index contributed by atoms with van der Waals surface area (Å²) in [4.78, 5) is 0. The standard InChI is InChI=1S/C7H9F7/c1-2-6(11,12)7(13,14)3-4(8)5(9)10/h4-5H,2-3H2,1H3/t4-/m0/s1. The van der Waals surface area contributed by atoms with Crippen LogP contribution in [0, 0.1) is 0 Å². The number of hydrogen-bond donors (Lipinski definition) is 0. The molecule has 0 aliphatic carbocycles. The summed E-state index contributed by atoms with van der Waals surface area (Å²) >= 11 is 0. The first-order valence-corrected chi connectivity index (χ1v) is 3.82. The Balaban J connectivity index is 4.48. The Hall–Kier alpha value is -0.490. The molecule has 0 aliphatic heterocycles. The molecular weight excluding hydrogens is 217 g/mol. The van der Waals surface area contributed by atoms with Gasteiger partial charge in [-0.15, -0.1) is 0 Å². The summed E-state index contributed by atoms with van der Waals surface area (Å²) in [5.74, 6) is -9.19. The van der Waals surface area contributed by atoms with Crippen molar-refractivity contribution in [2.45, 2.75) is 44.2 Å². The summed E-state index contributed by atoms with van der Waals surface area (Å²) in [5.41, 5.74) is 0. The molecule has 0 rings (SSSR count). The minimum Gasteiger partial charge on any atom is -0.241 e. The van der Waals surface area contributed by atoms with Gasteiger partial charge in [-0.05, 0) is 0 Å². The fourth-order valence-electron chi connectivity index (χ4n) is 0.742. The van der Waals surface area contributed by atoms with Crippen LogP contribution in [0.2, 0.25) is 0 Å². The number of halogens is 7. The Kier molecular flexibility index (Phi) is 4.20. The lowest BCUT2D eigenvalue weighted by molar-refractivity contribution is -0.223. The van der Waals surface area contributed by atoms with E-state index in [1.54, 1.807) is 0 Å². The zero-order valence-corrected chi connectivity index (χ0v) is 7.21. The van der Waals surface area contributed by atoms with Crippen molar-refractivity contribution in [2.24, 2.45) is 0 Å². The molecule has 86 valence electrons. The highest BCUT2D eigenvalue weighted by Crippen LogP contribution is 2.41. The van der Waals surface area contributed by atoms with Gasteiger partial charge in [0.1, 0.15) is 0 Å². The molecule has 0 aromatic carbocycles. The highest BCUT2D eigenvalue weighted by molar-refractivity contribution is 4.86. The molecule has 1 atom stereocenters. The van der Waals surface area contributed by atoms with Crippen molar-refractivity contribution in [3.05, 3.63) is 0 Å². The van der Waals surface area contributed by atoms with Crippen molar-refractivity contribution in [3.63, 3.8) is 0 Å². The maximum Gasteiger partial charge on any atom is 0.313 e. The first-order valence-electron chi connectivity index (χ1n) is 3.82. The molecule has 0 bridgehead atoms. The molecule has 0 N–H and O–H groups in total. The molecule has 0 amide bonds. The van der Waals surface area contributed by atoms with E-state index in [9.17, 15) is 30.7 Å². The third kappa shape index (κ3) is 3.02. The minimum absolute atomic E-state index is 0.767. The van der Waals surface area contributed by atoms with E-state index in [2.05, 4.69) is 0 Å². The van der Waals surface area contributed by atoms with Gasteiger partial charge in [0, 0.05) is 6.42 Å². The second-order valence-electron chi connectivity index (χ2n) is 2.82. The zero-order valence-electron chi connectivity index (χ0n) is 7.21. The molecule has 0 aliphatic rings. The van der Waals surface area contributed by atoms with E-state index in [0.29, 0.717) is 0 Å². The Morgan fingerprint density at radius 2 is 1.36 bits per heavy atom. The molecule has 0 saturated heterocycles. The highest BCUT2D eigenvalue weighted by atomic mass is 19.3.